The Morgan fingerprint density at radius 1 is 1.32 bits per heavy atom. The van der Waals surface area contributed by atoms with Crippen molar-refractivity contribution in [2.75, 3.05) is 33.2 Å². The van der Waals surface area contributed by atoms with E-state index in [4.69, 9.17) is 0 Å². The monoisotopic (exact) mass is 302 g/mol. The molecule has 1 saturated heterocycles. The Bertz CT molecular complexity index is 484. The molecule has 22 heavy (non-hydrogen) atoms. The van der Waals surface area contributed by atoms with Crippen molar-refractivity contribution in [3.8, 4) is 0 Å². The van der Waals surface area contributed by atoms with Crippen LogP contribution in [0.1, 0.15) is 30.9 Å². The molecular weight excluding hydrogens is 272 g/mol. The van der Waals surface area contributed by atoms with Gasteiger partial charge in [0.2, 0.25) is 0 Å². The van der Waals surface area contributed by atoms with Crippen LogP contribution in [0.4, 0.5) is 0 Å². The highest BCUT2D eigenvalue weighted by Gasteiger charge is 2.21. The van der Waals surface area contributed by atoms with Gasteiger partial charge in [0, 0.05) is 26.7 Å². The molecule has 1 aliphatic heterocycles. The molecule has 1 heterocycles. The van der Waals surface area contributed by atoms with Crippen molar-refractivity contribution < 1.29 is 0 Å². The lowest BCUT2D eigenvalue weighted by Crippen LogP contribution is -2.40. The molecule has 122 valence electrons. The van der Waals surface area contributed by atoms with Gasteiger partial charge in [-0.05, 0) is 49.9 Å². The van der Waals surface area contributed by atoms with Gasteiger partial charge < -0.3 is 15.5 Å². The maximum Gasteiger partial charge on any atom is 0.191 e. The molecule has 2 N–H and O–H groups in total. The summed E-state index contributed by atoms with van der Waals surface area (Å²) in [5, 5.41) is 6.89. The van der Waals surface area contributed by atoms with E-state index >= 15 is 0 Å². The molecule has 4 nitrogen and oxygen atoms in total. The summed E-state index contributed by atoms with van der Waals surface area (Å²) in [5.41, 5.74) is 2.64. The summed E-state index contributed by atoms with van der Waals surface area (Å²) < 4.78 is 0. The zero-order valence-corrected chi connectivity index (χ0v) is 14.2. The van der Waals surface area contributed by atoms with Crippen molar-refractivity contribution in [3.05, 3.63) is 35.4 Å². The molecule has 0 saturated carbocycles. The molecular formula is C18H30N4. The highest BCUT2D eigenvalue weighted by atomic mass is 15.2. The minimum atomic E-state index is 0.739. The van der Waals surface area contributed by atoms with Gasteiger partial charge >= 0.3 is 0 Å². The highest BCUT2D eigenvalue weighted by molar-refractivity contribution is 5.79. The first kappa shape index (κ1) is 16.8. The Morgan fingerprint density at radius 2 is 2.14 bits per heavy atom. The van der Waals surface area contributed by atoms with Gasteiger partial charge in [0.05, 0.1) is 0 Å². The average molecular weight is 302 g/mol. The summed E-state index contributed by atoms with van der Waals surface area (Å²) in [6.07, 6.45) is 2.54. The molecule has 0 aliphatic carbocycles. The number of hydrogen-bond acceptors (Lipinski definition) is 2. The zero-order valence-electron chi connectivity index (χ0n) is 14.2. The molecule has 1 aliphatic rings. The van der Waals surface area contributed by atoms with Crippen molar-refractivity contribution in [1.29, 1.82) is 0 Å². The van der Waals surface area contributed by atoms with Crippen LogP contribution < -0.4 is 10.6 Å². The van der Waals surface area contributed by atoms with Gasteiger partial charge in [-0.25, -0.2) is 0 Å². The first-order valence-corrected chi connectivity index (χ1v) is 8.44. The maximum atomic E-state index is 4.33. The van der Waals surface area contributed by atoms with Crippen molar-refractivity contribution >= 4 is 5.96 Å². The van der Waals surface area contributed by atoms with E-state index in [0.29, 0.717) is 0 Å². The topological polar surface area (TPSA) is 39.7 Å². The molecule has 2 rings (SSSR count). The minimum Gasteiger partial charge on any atom is -0.356 e. The zero-order chi connectivity index (χ0) is 15.8. The molecule has 0 amide bonds. The van der Waals surface area contributed by atoms with E-state index in [1.165, 1.54) is 43.6 Å². The molecule has 0 spiro atoms. The van der Waals surface area contributed by atoms with E-state index in [0.717, 1.165) is 25.0 Å². The summed E-state index contributed by atoms with van der Waals surface area (Å²) in [5.74, 6) is 1.64. The van der Waals surface area contributed by atoms with Crippen LogP contribution in [0.3, 0.4) is 0 Å². The fourth-order valence-electron chi connectivity index (χ4n) is 3.05. The smallest absolute Gasteiger partial charge is 0.191 e. The van der Waals surface area contributed by atoms with E-state index < -0.39 is 0 Å². The third kappa shape index (κ3) is 5.02. The van der Waals surface area contributed by atoms with Gasteiger partial charge in [-0.1, -0.05) is 31.2 Å². The Morgan fingerprint density at radius 3 is 2.86 bits per heavy atom. The SMILES string of the molecule is CCCN1CCC(CNC(=NC)NCc2ccccc2C)C1. The number of guanidine groups is 1. The second kappa shape index (κ2) is 8.79. The molecule has 1 aromatic carbocycles. The van der Waals surface area contributed by atoms with Gasteiger partial charge in [0.1, 0.15) is 0 Å². The summed E-state index contributed by atoms with van der Waals surface area (Å²) in [6.45, 7) is 9.92. The summed E-state index contributed by atoms with van der Waals surface area (Å²) in [4.78, 5) is 6.90. The van der Waals surface area contributed by atoms with Crippen LogP contribution in [0.25, 0.3) is 0 Å². The molecule has 0 bridgehead atoms. The number of nitrogens with zero attached hydrogens (tertiary/aromatic N) is 2. The lowest BCUT2D eigenvalue weighted by molar-refractivity contribution is 0.324. The number of aryl methyl sites for hydroxylation is 1. The van der Waals surface area contributed by atoms with Crippen LogP contribution in [0.2, 0.25) is 0 Å². The Kier molecular flexibility index (Phi) is 6.72. The van der Waals surface area contributed by atoms with Crippen molar-refractivity contribution in [2.45, 2.75) is 33.2 Å². The van der Waals surface area contributed by atoms with Crippen LogP contribution in [0, 0.1) is 12.8 Å². The second-order valence-corrected chi connectivity index (χ2v) is 6.19. The number of hydrogen-bond donors (Lipinski definition) is 2. The van der Waals surface area contributed by atoms with E-state index in [2.05, 4.69) is 58.6 Å². The normalized spacial score (nSPS) is 19.4. The predicted molar refractivity (Wildman–Crippen MR) is 94.2 cm³/mol. The Labute approximate surface area is 135 Å². The summed E-state index contributed by atoms with van der Waals surface area (Å²) in [6, 6.07) is 8.47. The quantitative estimate of drug-likeness (QED) is 0.626. The molecule has 1 fully saturated rings. The number of aliphatic imine (C=N–C) groups is 1. The van der Waals surface area contributed by atoms with Crippen LogP contribution in [-0.2, 0) is 6.54 Å². The van der Waals surface area contributed by atoms with E-state index in [9.17, 15) is 0 Å². The van der Waals surface area contributed by atoms with Gasteiger partial charge in [-0.3, -0.25) is 4.99 Å². The van der Waals surface area contributed by atoms with Crippen molar-refractivity contribution in [2.24, 2.45) is 10.9 Å². The van der Waals surface area contributed by atoms with E-state index in [1.54, 1.807) is 0 Å². The molecule has 0 radical (unpaired) electrons. The number of rotatable bonds is 6. The van der Waals surface area contributed by atoms with Crippen LogP contribution >= 0.6 is 0 Å². The average Bonchev–Trinajstić information content (AvgIpc) is 2.97. The fourth-order valence-corrected chi connectivity index (χ4v) is 3.05. The lowest BCUT2D eigenvalue weighted by atomic mass is 10.1. The maximum absolute atomic E-state index is 4.33. The standard InChI is InChI=1S/C18H30N4/c1-4-10-22-11-9-16(14-22)12-20-18(19-3)21-13-17-8-6-5-7-15(17)2/h5-8,16H,4,9-14H2,1-3H3,(H2,19,20,21). The van der Waals surface area contributed by atoms with Crippen molar-refractivity contribution in [3.63, 3.8) is 0 Å². The van der Waals surface area contributed by atoms with Gasteiger partial charge in [-0.15, -0.1) is 0 Å². The van der Waals surface area contributed by atoms with Gasteiger partial charge in [0.25, 0.3) is 0 Å². The molecule has 1 aromatic rings. The summed E-state index contributed by atoms with van der Waals surface area (Å²) in [7, 11) is 1.84. The lowest BCUT2D eigenvalue weighted by Gasteiger charge is -2.17. The number of nitrogens with one attached hydrogen (secondary N) is 2. The second-order valence-electron chi connectivity index (χ2n) is 6.19. The molecule has 0 aromatic heterocycles. The Hall–Kier alpha value is -1.55. The fraction of sp³-hybridized carbons (Fsp3) is 0.611. The largest absolute Gasteiger partial charge is 0.356 e. The predicted octanol–water partition coefficient (Wildman–Crippen LogP) is 2.39. The summed E-state index contributed by atoms with van der Waals surface area (Å²) >= 11 is 0. The van der Waals surface area contributed by atoms with E-state index in [1.807, 2.05) is 7.05 Å². The first-order valence-electron chi connectivity index (χ1n) is 8.44. The third-order valence-corrected chi connectivity index (χ3v) is 4.40. The third-order valence-electron chi connectivity index (χ3n) is 4.40. The molecule has 4 heteroatoms. The number of benzene rings is 1. The first-order chi connectivity index (χ1) is 10.7. The van der Waals surface area contributed by atoms with Crippen LogP contribution in [0.5, 0.6) is 0 Å². The van der Waals surface area contributed by atoms with E-state index in [-0.39, 0.29) is 0 Å². The minimum absolute atomic E-state index is 0.739. The Balaban J connectivity index is 1.73. The van der Waals surface area contributed by atoms with Gasteiger partial charge in [-0.2, -0.15) is 0 Å². The van der Waals surface area contributed by atoms with Gasteiger partial charge in [0.15, 0.2) is 5.96 Å². The number of likely N-dealkylation sites (tertiary alicyclic amines) is 1. The van der Waals surface area contributed by atoms with Crippen LogP contribution in [-0.4, -0.2) is 44.1 Å². The highest BCUT2D eigenvalue weighted by Crippen LogP contribution is 2.15. The van der Waals surface area contributed by atoms with Crippen molar-refractivity contribution in [1.82, 2.24) is 15.5 Å². The molecule has 1 unspecified atom stereocenters. The van der Waals surface area contributed by atoms with Crippen LogP contribution in [0.15, 0.2) is 29.3 Å². The molecule has 1 atom stereocenters.